The van der Waals surface area contributed by atoms with Crippen molar-refractivity contribution in [1.29, 1.82) is 0 Å². The van der Waals surface area contributed by atoms with Gasteiger partial charge in [0.1, 0.15) is 16.8 Å². The van der Waals surface area contributed by atoms with Crippen LogP contribution in [0.1, 0.15) is 29.8 Å². The van der Waals surface area contributed by atoms with Crippen LogP contribution >= 0.6 is 11.6 Å². The molecular weight excluding hydrogens is 351 g/mol. The maximum Gasteiger partial charge on any atom is 0.256 e. The quantitative estimate of drug-likeness (QED) is 0.893. The highest BCUT2D eigenvalue weighted by atomic mass is 35.5. The zero-order valence-corrected chi connectivity index (χ0v) is 14.7. The Balaban J connectivity index is 1.90. The molecule has 1 amide bonds. The SMILES string of the molecule is CC(C)N1Cc2c(C(=O)Nc3ccc(F)c(Cl)c3)cccc2S1=O. The van der Waals surface area contributed by atoms with Gasteiger partial charge in [0.15, 0.2) is 0 Å². The van der Waals surface area contributed by atoms with Crippen molar-refractivity contribution >= 4 is 34.2 Å². The summed E-state index contributed by atoms with van der Waals surface area (Å²) in [6.45, 7) is 4.38. The topological polar surface area (TPSA) is 49.4 Å². The highest BCUT2D eigenvalue weighted by Crippen LogP contribution is 2.31. The van der Waals surface area contributed by atoms with Crippen molar-refractivity contribution in [3.63, 3.8) is 0 Å². The zero-order valence-electron chi connectivity index (χ0n) is 13.2. The molecule has 1 aliphatic heterocycles. The number of nitrogens with one attached hydrogen (secondary N) is 1. The van der Waals surface area contributed by atoms with E-state index in [0.717, 1.165) is 5.56 Å². The Morgan fingerprint density at radius 2 is 2.08 bits per heavy atom. The van der Waals surface area contributed by atoms with E-state index in [1.54, 1.807) is 18.2 Å². The Labute approximate surface area is 147 Å². The first-order valence-electron chi connectivity index (χ1n) is 7.45. The Morgan fingerprint density at radius 1 is 1.33 bits per heavy atom. The lowest BCUT2D eigenvalue weighted by Crippen LogP contribution is -2.27. The summed E-state index contributed by atoms with van der Waals surface area (Å²) in [5.41, 5.74) is 1.63. The summed E-state index contributed by atoms with van der Waals surface area (Å²) in [6.07, 6.45) is 0. The van der Waals surface area contributed by atoms with Crippen LogP contribution in [0.15, 0.2) is 41.3 Å². The number of carbonyl (C=O) groups excluding carboxylic acids is 1. The molecule has 0 aromatic heterocycles. The van der Waals surface area contributed by atoms with Crippen LogP contribution in [0.4, 0.5) is 10.1 Å². The van der Waals surface area contributed by atoms with Gasteiger partial charge in [0.25, 0.3) is 5.91 Å². The molecule has 0 aliphatic carbocycles. The van der Waals surface area contributed by atoms with Gasteiger partial charge in [-0.2, -0.15) is 0 Å². The van der Waals surface area contributed by atoms with E-state index in [0.29, 0.717) is 22.7 Å². The van der Waals surface area contributed by atoms with Crippen LogP contribution < -0.4 is 5.32 Å². The Kier molecular flexibility index (Phi) is 4.71. The first kappa shape index (κ1) is 17.1. The minimum absolute atomic E-state index is 0.0572. The van der Waals surface area contributed by atoms with E-state index in [9.17, 15) is 13.4 Å². The third-order valence-electron chi connectivity index (χ3n) is 3.85. The molecule has 0 radical (unpaired) electrons. The molecule has 1 heterocycles. The van der Waals surface area contributed by atoms with Crippen molar-refractivity contribution in [1.82, 2.24) is 4.31 Å². The lowest BCUT2D eigenvalue weighted by atomic mass is 10.1. The van der Waals surface area contributed by atoms with Gasteiger partial charge >= 0.3 is 0 Å². The van der Waals surface area contributed by atoms with Crippen LogP contribution in [-0.2, 0) is 17.5 Å². The summed E-state index contributed by atoms with van der Waals surface area (Å²) in [7, 11) is -1.26. The Hall–Kier alpha value is -1.76. The average Bonchev–Trinajstić information content (AvgIpc) is 2.88. The van der Waals surface area contributed by atoms with E-state index in [4.69, 9.17) is 11.6 Å². The van der Waals surface area contributed by atoms with E-state index in [1.807, 2.05) is 18.2 Å². The molecule has 0 saturated carbocycles. The number of rotatable bonds is 3. The Bertz CT molecular complexity index is 841. The number of benzene rings is 2. The van der Waals surface area contributed by atoms with Crippen LogP contribution in [0.25, 0.3) is 0 Å². The fraction of sp³-hybridized carbons (Fsp3) is 0.235. The predicted molar refractivity (Wildman–Crippen MR) is 92.9 cm³/mol. The summed E-state index contributed by atoms with van der Waals surface area (Å²) in [5.74, 6) is -0.879. The Morgan fingerprint density at radius 3 is 2.75 bits per heavy atom. The zero-order chi connectivity index (χ0) is 17.4. The molecule has 3 rings (SSSR count). The fourth-order valence-electron chi connectivity index (χ4n) is 2.59. The van der Waals surface area contributed by atoms with E-state index in [-0.39, 0.29) is 17.0 Å². The number of amides is 1. The number of hydrogen-bond acceptors (Lipinski definition) is 2. The van der Waals surface area contributed by atoms with Gasteiger partial charge in [0.2, 0.25) is 0 Å². The highest BCUT2D eigenvalue weighted by molar-refractivity contribution is 7.83. The lowest BCUT2D eigenvalue weighted by Gasteiger charge is -2.17. The van der Waals surface area contributed by atoms with Crippen molar-refractivity contribution in [2.24, 2.45) is 0 Å². The number of nitrogens with zero attached hydrogens (tertiary/aromatic N) is 1. The van der Waals surface area contributed by atoms with Crippen LogP contribution in [0.2, 0.25) is 5.02 Å². The number of carbonyl (C=O) groups is 1. The summed E-state index contributed by atoms with van der Waals surface area (Å²) >= 11 is 5.74. The molecule has 1 unspecified atom stereocenters. The van der Waals surface area contributed by atoms with Crippen LogP contribution in [0, 0.1) is 5.82 Å². The molecule has 7 heteroatoms. The second-order valence-electron chi connectivity index (χ2n) is 5.78. The predicted octanol–water partition coefficient (Wildman–Crippen LogP) is 3.98. The summed E-state index contributed by atoms with van der Waals surface area (Å²) in [4.78, 5) is 13.2. The number of halogens is 2. The monoisotopic (exact) mass is 366 g/mol. The van der Waals surface area contributed by atoms with Gasteiger partial charge in [-0.05, 0) is 49.7 Å². The normalized spacial score (nSPS) is 17.1. The van der Waals surface area contributed by atoms with Crippen LogP contribution in [-0.4, -0.2) is 20.5 Å². The molecular formula is C17H16ClFN2O2S. The first-order chi connectivity index (χ1) is 11.4. The molecule has 1 aliphatic rings. The molecule has 2 aromatic rings. The fourth-order valence-corrected chi connectivity index (χ4v) is 4.23. The van der Waals surface area contributed by atoms with Crippen molar-refractivity contribution in [3.05, 3.63) is 58.4 Å². The molecule has 1 N–H and O–H groups in total. The maximum atomic E-state index is 13.2. The van der Waals surface area contributed by atoms with Gasteiger partial charge in [-0.15, -0.1) is 0 Å². The van der Waals surface area contributed by atoms with Gasteiger partial charge in [0, 0.05) is 23.8 Å². The van der Waals surface area contributed by atoms with Crippen molar-refractivity contribution in [2.45, 2.75) is 31.3 Å². The van der Waals surface area contributed by atoms with Crippen LogP contribution in [0.5, 0.6) is 0 Å². The number of fused-ring (bicyclic) bond motifs is 1. The standard InChI is InChI=1S/C17H16ClFN2O2S/c1-10(2)21-9-13-12(4-3-5-16(13)24(21)23)17(22)20-11-6-7-15(19)14(18)8-11/h3-8,10H,9H2,1-2H3,(H,20,22). The minimum atomic E-state index is -1.26. The molecule has 1 atom stereocenters. The average molecular weight is 367 g/mol. The first-order valence-corrected chi connectivity index (χ1v) is 8.93. The summed E-state index contributed by atoms with van der Waals surface area (Å²) < 4.78 is 27.5. The largest absolute Gasteiger partial charge is 0.322 e. The third-order valence-corrected chi connectivity index (χ3v) is 5.87. The molecule has 0 saturated heterocycles. The van der Waals surface area contributed by atoms with Gasteiger partial charge in [-0.25, -0.2) is 12.9 Å². The number of hydrogen-bond donors (Lipinski definition) is 1. The molecule has 126 valence electrons. The van der Waals surface area contributed by atoms with Gasteiger partial charge < -0.3 is 5.32 Å². The molecule has 2 aromatic carbocycles. The van der Waals surface area contributed by atoms with Crippen molar-refractivity contribution < 1.29 is 13.4 Å². The highest BCUT2D eigenvalue weighted by Gasteiger charge is 2.32. The van der Waals surface area contributed by atoms with Crippen molar-refractivity contribution in [2.75, 3.05) is 5.32 Å². The molecule has 0 bridgehead atoms. The van der Waals surface area contributed by atoms with E-state index in [1.165, 1.54) is 18.2 Å². The van der Waals surface area contributed by atoms with E-state index < -0.39 is 16.8 Å². The third kappa shape index (κ3) is 3.09. The van der Waals surface area contributed by atoms with Gasteiger partial charge in [0.05, 0.1) is 9.92 Å². The summed E-state index contributed by atoms with van der Waals surface area (Å²) in [6, 6.07) is 9.29. The molecule has 4 nitrogen and oxygen atoms in total. The van der Waals surface area contributed by atoms with Crippen LogP contribution in [0.3, 0.4) is 0 Å². The second-order valence-corrected chi connectivity index (χ2v) is 7.60. The molecule has 0 fully saturated rings. The minimum Gasteiger partial charge on any atom is -0.322 e. The summed E-state index contributed by atoms with van der Waals surface area (Å²) in [5, 5.41) is 2.65. The second kappa shape index (κ2) is 6.63. The van der Waals surface area contributed by atoms with E-state index in [2.05, 4.69) is 5.32 Å². The van der Waals surface area contributed by atoms with E-state index >= 15 is 0 Å². The smallest absolute Gasteiger partial charge is 0.256 e. The number of anilines is 1. The maximum absolute atomic E-state index is 13.2. The van der Waals surface area contributed by atoms with Gasteiger partial charge in [-0.3, -0.25) is 4.79 Å². The van der Waals surface area contributed by atoms with Gasteiger partial charge in [-0.1, -0.05) is 17.7 Å². The molecule has 24 heavy (non-hydrogen) atoms. The van der Waals surface area contributed by atoms with Crippen molar-refractivity contribution in [3.8, 4) is 0 Å². The molecule has 0 spiro atoms. The lowest BCUT2D eigenvalue weighted by molar-refractivity contribution is 0.102.